The largest absolute Gasteiger partial charge is 0.744 e. The van der Waals surface area contributed by atoms with Crippen molar-refractivity contribution in [3.8, 4) is 0 Å². The lowest BCUT2D eigenvalue weighted by molar-refractivity contribution is -0.0876. The molecule has 0 N–H and O–H groups in total. The van der Waals surface area contributed by atoms with Gasteiger partial charge < -0.3 is 4.55 Å². The Labute approximate surface area is 122 Å². The third-order valence-electron chi connectivity index (χ3n) is 3.20. The molecule has 2 aliphatic rings. The third kappa shape index (κ3) is 2.43. The molecular formula is C13H7F3O3S2. The summed E-state index contributed by atoms with van der Waals surface area (Å²) < 4.78 is 72.9. The molecule has 0 unspecified atom stereocenters. The van der Waals surface area contributed by atoms with Gasteiger partial charge >= 0.3 is 6.18 Å². The zero-order chi connectivity index (χ0) is 15.4. The van der Waals surface area contributed by atoms with Crippen LogP contribution in [0.3, 0.4) is 0 Å². The predicted octanol–water partition coefficient (Wildman–Crippen LogP) is 2.46. The van der Waals surface area contributed by atoms with Crippen LogP contribution in [0, 0.1) is 0 Å². The Hall–Kier alpha value is -1.51. The van der Waals surface area contributed by atoms with E-state index in [1.165, 1.54) is 0 Å². The van der Waals surface area contributed by atoms with Gasteiger partial charge in [0.2, 0.25) is 21.1 Å². The first-order valence-corrected chi connectivity index (χ1v) is 8.02. The number of benzene rings is 1. The van der Waals surface area contributed by atoms with Crippen LogP contribution in [0.2, 0.25) is 0 Å². The van der Waals surface area contributed by atoms with E-state index in [4.69, 9.17) is 0 Å². The van der Waals surface area contributed by atoms with Crippen molar-refractivity contribution < 1.29 is 26.1 Å². The van der Waals surface area contributed by atoms with Gasteiger partial charge in [-0.05, 0) is 12.1 Å². The predicted molar refractivity (Wildman–Crippen MR) is 72.5 cm³/mol. The van der Waals surface area contributed by atoms with Crippen LogP contribution in [0.5, 0.6) is 0 Å². The summed E-state index contributed by atoms with van der Waals surface area (Å²) >= 11 is 1.07. The monoisotopic (exact) mass is 332 g/mol. The number of rotatable bonds is 1. The molecule has 1 aliphatic heterocycles. The summed E-state index contributed by atoms with van der Waals surface area (Å²) in [7, 11) is -4.90. The molecule has 0 fully saturated rings. The molecule has 0 saturated heterocycles. The van der Waals surface area contributed by atoms with Gasteiger partial charge in [-0.25, -0.2) is 8.42 Å². The molecule has 1 aromatic rings. The van der Waals surface area contributed by atoms with E-state index in [0.717, 1.165) is 11.4 Å². The number of allylic oxidation sites excluding steroid dienone is 4. The minimum atomic E-state index is -4.90. The fraction of sp³-hybridized carbons (Fsp3) is 0.154. The quantitative estimate of drug-likeness (QED) is 0.451. The van der Waals surface area contributed by atoms with Crippen molar-refractivity contribution in [2.24, 2.45) is 0 Å². The summed E-state index contributed by atoms with van der Waals surface area (Å²) in [4.78, 5) is 0.136. The van der Waals surface area contributed by atoms with Crippen molar-refractivity contribution in [2.45, 2.75) is 17.5 Å². The lowest BCUT2D eigenvalue weighted by atomic mass is 9.91. The van der Waals surface area contributed by atoms with Gasteiger partial charge in [-0.2, -0.15) is 13.2 Å². The molecule has 3 nitrogen and oxygen atoms in total. The van der Waals surface area contributed by atoms with E-state index < -0.39 is 26.8 Å². The fourth-order valence-corrected chi connectivity index (χ4v) is 4.26. The number of alkyl halides is 3. The van der Waals surface area contributed by atoms with Crippen molar-refractivity contribution >= 4 is 31.9 Å². The van der Waals surface area contributed by atoms with Crippen LogP contribution >= 0.6 is 0 Å². The Morgan fingerprint density at radius 2 is 1.86 bits per heavy atom. The maximum atomic E-state index is 13.2. The van der Waals surface area contributed by atoms with E-state index in [-0.39, 0.29) is 16.9 Å². The Kier molecular flexibility index (Phi) is 3.09. The van der Waals surface area contributed by atoms with Crippen LogP contribution in [-0.2, 0) is 21.5 Å². The second-order valence-electron chi connectivity index (χ2n) is 4.55. The topological polar surface area (TPSA) is 57.2 Å². The molecule has 1 aromatic carbocycles. The van der Waals surface area contributed by atoms with Gasteiger partial charge in [-0.1, -0.05) is 12.1 Å². The molecule has 0 atom stereocenters. The van der Waals surface area contributed by atoms with E-state index in [1.807, 2.05) is 0 Å². The van der Waals surface area contributed by atoms with Gasteiger partial charge in [-0.3, -0.25) is 0 Å². The van der Waals surface area contributed by atoms with E-state index in [9.17, 15) is 26.1 Å². The lowest BCUT2D eigenvalue weighted by Gasteiger charge is -2.19. The second kappa shape index (κ2) is 4.49. The Morgan fingerprint density at radius 1 is 1.19 bits per heavy atom. The van der Waals surface area contributed by atoms with Crippen LogP contribution in [0.25, 0.3) is 5.57 Å². The molecule has 0 bridgehead atoms. The minimum absolute atomic E-state index is 0.0181. The summed E-state index contributed by atoms with van der Waals surface area (Å²) in [5.41, 5.74) is -0.672. The maximum absolute atomic E-state index is 13.2. The Morgan fingerprint density at radius 3 is 2.48 bits per heavy atom. The molecule has 3 rings (SSSR count). The maximum Gasteiger partial charge on any atom is 0.417 e. The average molecular weight is 332 g/mol. The van der Waals surface area contributed by atoms with E-state index in [2.05, 4.69) is 0 Å². The number of hydrogen-bond donors (Lipinski definition) is 0. The summed E-state index contributed by atoms with van der Waals surface area (Å²) in [6.45, 7) is 0. The molecule has 1 heterocycles. The van der Waals surface area contributed by atoms with Crippen molar-refractivity contribution in [2.75, 3.05) is 0 Å². The van der Waals surface area contributed by atoms with E-state index in [1.54, 1.807) is 24.3 Å². The number of halogens is 3. The van der Waals surface area contributed by atoms with Gasteiger partial charge in [-0.15, -0.1) is 0 Å². The van der Waals surface area contributed by atoms with Crippen molar-refractivity contribution in [1.82, 2.24) is 0 Å². The first-order chi connectivity index (χ1) is 9.68. The highest BCUT2D eigenvalue weighted by Gasteiger charge is 2.46. The van der Waals surface area contributed by atoms with Gasteiger partial charge in [0.05, 0.1) is 23.1 Å². The molecule has 0 radical (unpaired) electrons. The SMILES string of the molecule is O=S(=O)([O-])C1=CC(C(F)(F)F)=C2C(=[S+]c3ccccc32)C1. The van der Waals surface area contributed by atoms with Crippen LogP contribution in [-0.4, -0.2) is 24.0 Å². The van der Waals surface area contributed by atoms with E-state index >= 15 is 0 Å². The molecule has 110 valence electrons. The first-order valence-electron chi connectivity index (χ1n) is 5.79. The zero-order valence-electron chi connectivity index (χ0n) is 10.3. The van der Waals surface area contributed by atoms with E-state index in [0.29, 0.717) is 16.5 Å². The summed E-state index contributed by atoms with van der Waals surface area (Å²) in [5.74, 6) is 0. The van der Waals surface area contributed by atoms with Gasteiger partial charge in [0, 0.05) is 11.0 Å². The summed E-state index contributed by atoms with van der Waals surface area (Å²) in [6.07, 6.45) is -4.56. The number of fused-ring (bicyclic) bond motifs is 3. The molecule has 0 amide bonds. The van der Waals surface area contributed by atoms with Crippen LogP contribution in [0.1, 0.15) is 12.0 Å². The highest BCUT2D eigenvalue weighted by molar-refractivity contribution is 7.90. The van der Waals surface area contributed by atoms with Crippen molar-refractivity contribution in [3.63, 3.8) is 0 Å². The second-order valence-corrected chi connectivity index (χ2v) is 7.12. The minimum Gasteiger partial charge on any atom is -0.744 e. The molecular weight excluding hydrogens is 325 g/mol. The van der Waals surface area contributed by atoms with Crippen LogP contribution in [0.15, 0.2) is 45.7 Å². The molecule has 0 aromatic heterocycles. The Balaban J connectivity index is 2.31. The first kappa shape index (κ1) is 14.4. The standard InChI is InChI=1S/C13H7F3O3S2/c14-13(15,16)9-5-7(21(17,18)19)6-11-12(9)8-3-1-2-4-10(8)20-11/h1-5H,6H2. The average Bonchev–Trinajstić information content (AvgIpc) is 2.73. The molecule has 8 heteroatoms. The highest BCUT2D eigenvalue weighted by atomic mass is 32.2. The van der Waals surface area contributed by atoms with Crippen LogP contribution < -0.4 is 0 Å². The summed E-state index contributed by atoms with van der Waals surface area (Å²) in [5, 5.41) is 0. The normalized spacial score (nSPS) is 18.1. The Bertz CT molecular complexity index is 830. The smallest absolute Gasteiger partial charge is 0.417 e. The summed E-state index contributed by atoms with van der Waals surface area (Å²) in [6, 6.07) is 6.53. The number of hydrogen-bond acceptors (Lipinski definition) is 3. The van der Waals surface area contributed by atoms with Gasteiger partial charge in [0.1, 0.15) is 10.1 Å². The molecule has 0 saturated carbocycles. The lowest BCUT2D eigenvalue weighted by Crippen LogP contribution is -2.21. The zero-order valence-corrected chi connectivity index (χ0v) is 11.9. The van der Waals surface area contributed by atoms with Gasteiger partial charge in [0.25, 0.3) is 0 Å². The molecule has 1 aliphatic carbocycles. The van der Waals surface area contributed by atoms with Crippen molar-refractivity contribution in [3.05, 3.63) is 46.4 Å². The van der Waals surface area contributed by atoms with Crippen LogP contribution in [0.4, 0.5) is 13.2 Å². The molecule has 21 heavy (non-hydrogen) atoms. The van der Waals surface area contributed by atoms with Gasteiger partial charge in [0.15, 0.2) is 0 Å². The highest BCUT2D eigenvalue weighted by Crippen LogP contribution is 2.43. The fourth-order valence-electron chi connectivity index (χ4n) is 2.34. The van der Waals surface area contributed by atoms with Crippen molar-refractivity contribution in [1.29, 1.82) is 0 Å². The molecule has 0 spiro atoms. The third-order valence-corrected chi connectivity index (χ3v) is 5.28.